The molecule has 1 heterocycles. The molecule has 3 aliphatic rings. The smallest absolute Gasteiger partial charge is 0.325 e. The highest BCUT2D eigenvalue weighted by atomic mass is 16.2. The molecule has 7 nitrogen and oxygen atoms in total. The Kier molecular flexibility index (Phi) is 3.61. The van der Waals surface area contributed by atoms with E-state index in [-0.39, 0.29) is 24.4 Å². The lowest BCUT2D eigenvalue weighted by atomic mass is 9.98. The van der Waals surface area contributed by atoms with Gasteiger partial charge in [-0.25, -0.2) is 4.79 Å². The van der Waals surface area contributed by atoms with Gasteiger partial charge in [-0.15, -0.1) is 0 Å². The molecule has 1 saturated heterocycles. The number of nitrogens with zero attached hydrogens (tertiary/aromatic N) is 1. The van der Waals surface area contributed by atoms with E-state index >= 15 is 0 Å². The van der Waals surface area contributed by atoms with Crippen molar-refractivity contribution in [3.63, 3.8) is 0 Å². The van der Waals surface area contributed by atoms with Gasteiger partial charge in [0.25, 0.3) is 5.91 Å². The number of carbonyl (C=O) groups is 3. The number of hydrogen-bond donors (Lipinski definition) is 3. The Morgan fingerprint density at radius 3 is 2.62 bits per heavy atom. The molecule has 116 valence electrons. The first-order valence-electron chi connectivity index (χ1n) is 7.69. The van der Waals surface area contributed by atoms with Crippen molar-refractivity contribution in [3.8, 4) is 0 Å². The highest BCUT2D eigenvalue weighted by Gasteiger charge is 2.52. The third-order valence-corrected chi connectivity index (χ3v) is 4.80. The lowest BCUT2D eigenvalue weighted by molar-refractivity contribution is -0.135. The molecule has 3 fully saturated rings. The van der Waals surface area contributed by atoms with Crippen LogP contribution in [0.2, 0.25) is 0 Å². The number of urea groups is 1. The van der Waals surface area contributed by atoms with Crippen molar-refractivity contribution < 1.29 is 14.4 Å². The summed E-state index contributed by atoms with van der Waals surface area (Å²) in [7, 11) is 0. The Morgan fingerprint density at radius 1 is 1.38 bits per heavy atom. The molecule has 1 spiro atoms. The summed E-state index contributed by atoms with van der Waals surface area (Å²) in [5, 5.41) is 5.61. The van der Waals surface area contributed by atoms with E-state index in [9.17, 15) is 14.4 Å². The van der Waals surface area contributed by atoms with Gasteiger partial charge in [0.2, 0.25) is 5.91 Å². The van der Waals surface area contributed by atoms with Gasteiger partial charge >= 0.3 is 6.03 Å². The first-order chi connectivity index (χ1) is 10.1. The van der Waals surface area contributed by atoms with Gasteiger partial charge in [0, 0.05) is 12.6 Å². The van der Waals surface area contributed by atoms with Gasteiger partial charge in [0.05, 0.1) is 0 Å². The quantitative estimate of drug-likeness (QED) is 0.606. The Balaban J connectivity index is 1.60. The predicted octanol–water partition coefficient (Wildman–Crippen LogP) is -0.295. The third kappa shape index (κ3) is 2.62. The van der Waals surface area contributed by atoms with E-state index in [4.69, 9.17) is 5.73 Å². The van der Waals surface area contributed by atoms with E-state index in [0.717, 1.165) is 30.6 Å². The Hall–Kier alpha value is -1.63. The summed E-state index contributed by atoms with van der Waals surface area (Å²) < 4.78 is 0. The molecule has 21 heavy (non-hydrogen) atoms. The summed E-state index contributed by atoms with van der Waals surface area (Å²) in [6, 6.07) is -0.494. The first-order valence-corrected chi connectivity index (χ1v) is 7.69. The first kappa shape index (κ1) is 14.3. The lowest BCUT2D eigenvalue weighted by Crippen LogP contribution is -2.48. The van der Waals surface area contributed by atoms with E-state index in [1.807, 2.05) is 0 Å². The minimum Gasteiger partial charge on any atom is -0.350 e. The van der Waals surface area contributed by atoms with Gasteiger partial charge in [-0.3, -0.25) is 14.5 Å². The molecule has 0 aromatic carbocycles. The number of rotatable bonds is 5. The number of amides is 4. The maximum absolute atomic E-state index is 12.4. The largest absolute Gasteiger partial charge is 0.350 e. The zero-order chi connectivity index (χ0) is 15.0. The number of nitrogens with one attached hydrogen (secondary N) is 2. The average molecular weight is 294 g/mol. The van der Waals surface area contributed by atoms with Gasteiger partial charge in [-0.1, -0.05) is 12.8 Å². The van der Waals surface area contributed by atoms with Crippen LogP contribution in [-0.4, -0.2) is 47.4 Å². The lowest BCUT2D eigenvalue weighted by Gasteiger charge is -2.21. The van der Waals surface area contributed by atoms with Crippen molar-refractivity contribution >= 4 is 17.8 Å². The van der Waals surface area contributed by atoms with E-state index < -0.39 is 11.6 Å². The van der Waals surface area contributed by atoms with Gasteiger partial charge in [-0.05, 0) is 31.6 Å². The maximum atomic E-state index is 12.4. The van der Waals surface area contributed by atoms with Crippen LogP contribution in [-0.2, 0) is 9.59 Å². The number of hydrogen-bond acceptors (Lipinski definition) is 4. The fourth-order valence-electron chi connectivity index (χ4n) is 3.40. The molecule has 0 bridgehead atoms. The molecule has 2 saturated carbocycles. The van der Waals surface area contributed by atoms with Crippen LogP contribution < -0.4 is 16.4 Å². The van der Waals surface area contributed by atoms with Crippen LogP contribution in [0.15, 0.2) is 0 Å². The van der Waals surface area contributed by atoms with E-state index in [2.05, 4.69) is 10.6 Å². The standard InChI is InChI=1S/C14H22N4O3/c15-7-10(9-3-4-9)16-11(19)8-18-12(20)14(17-13(18)21)5-1-2-6-14/h9-10H,1-8,15H2,(H,16,19)(H,17,21). The molecule has 2 aliphatic carbocycles. The monoisotopic (exact) mass is 294 g/mol. The number of nitrogens with two attached hydrogens (primary N) is 1. The van der Waals surface area contributed by atoms with Crippen LogP contribution in [0.5, 0.6) is 0 Å². The average Bonchev–Trinajstić information content (AvgIpc) is 3.16. The molecule has 7 heteroatoms. The van der Waals surface area contributed by atoms with Crippen LogP contribution in [0, 0.1) is 5.92 Å². The minimum absolute atomic E-state index is 0.0429. The highest BCUT2D eigenvalue weighted by molar-refractivity contribution is 6.09. The molecule has 0 aromatic heterocycles. The molecule has 1 atom stereocenters. The van der Waals surface area contributed by atoms with Crippen LogP contribution in [0.4, 0.5) is 4.79 Å². The molecule has 4 N–H and O–H groups in total. The van der Waals surface area contributed by atoms with E-state index in [0.29, 0.717) is 25.3 Å². The fourth-order valence-corrected chi connectivity index (χ4v) is 3.40. The van der Waals surface area contributed by atoms with Gasteiger partial charge in [-0.2, -0.15) is 0 Å². The van der Waals surface area contributed by atoms with E-state index in [1.54, 1.807) is 0 Å². The second-order valence-corrected chi connectivity index (χ2v) is 6.36. The molecule has 0 aromatic rings. The molecule has 1 aliphatic heterocycles. The zero-order valence-corrected chi connectivity index (χ0v) is 12.1. The topological polar surface area (TPSA) is 105 Å². The maximum Gasteiger partial charge on any atom is 0.325 e. The highest BCUT2D eigenvalue weighted by Crippen LogP contribution is 2.35. The Bertz CT molecular complexity index is 469. The van der Waals surface area contributed by atoms with E-state index in [1.165, 1.54) is 0 Å². The van der Waals surface area contributed by atoms with Crippen molar-refractivity contribution in [1.82, 2.24) is 15.5 Å². The Morgan fingerprint density at radius 2 is 2.05 bits per heavy atom. The number of carbonyl (C=O) groups excluding carboxylic acids is 3. The van der Waals surface area contributed by atoms with Gasteiger partial charge in [0.1, 0.15) is 12.1 Å². The summed E-state index contributed by atoms with van der Waals surface area (Å²) in [6.45, 7) is 0.177. The molecular weight excluding hydrogens is 272 g/mol. The molecule has 3 rings (SSSR count). The predicted molar refractivity (Wildman–Crippen MR) is 75.2 cm³/mol. The van der Waals surface area contributed by atoms with Crippen LogP contribution in [0.1, 0.15) is 38.5 Å². The molecule has 4 amide bonds. The van der Waals surface area contributed by atoms with Crippen molar-refractivity contribution in [1.29, 1.82) is 0 Å². The zero-order valence-electron chi connectivity index (χ0n) is 12.1. The molecular formula is C14H22N4O3. The summed E-state index contributed by atoms with van der Waals surface area (Å²) in [4.78, 5) is 37.5. The molecule has 1 unspecified atom stereocenters. The van der Waals surface area contributed by atoms with Gasteiger partial charge in [0.15, 0.2) is 0 Å². The van der Waals surface area contributed by atoms with Crippen LogP contribution in [0.25, 0.3) is 0 Å². The van der Waals surface area contributed by atoms with Crippen molar-refractivity contribution in [2.45, 2.75) is 50.1 Å². The second kappa shape index (κ2) is 5.29. The number of imide groups is 1. The van der Waals surface area contributed by atoms with Gasteiger partial charge < -0.3 is 16.4 Å². The summed E-state index contributed by atoms with van der Waals surface area (Å²) >= 11 is 0. The SMILES string of the molecule is NCC(NC(=O)CN1C(=O)NC2(CCCC2)C1=O)C1CC1. The summed E-state index contributed by atoms with van der Waals surface area (Å²) in [5.74, 6) is -0.116. The summed E-state index contributed by atoms with van der Waals surface area (Å²) in [5.41, 5.74) is 4.90. The van der Waals surface area contributed by atoms with Crippen LogP contribution >= 0.6 is 0 Å². The Labute approximate surface area is 123 Å². The normalized spacial score (nSPS) is 25.3. The van der Waals surface area contributed by atoms with Crippen molar-refractivity contribution in [3.05, 3.63) is 0 Å². The fraction of sp³-hybridized carbons (Fsp3) is 0.786. The third-order valence-electron chi connectivity index (χ3n) is 4.80. The summed E-state index contributed by atoms with van der Waals surface area (Å²) in [6.07, 6.45) is 5.36. The molecule has 0 radical (unpaired) electrons. The van der Waals surface area contributed by atoms with Crippen LogP contribution in [0.3, 0.4) is 0 Å². The van der Waals surface area contributed by atoms with Crippen molar-refractivity contribution in [2.24, 2.45) is 11.7 Å². The minimum atomic E-state index is -0.749. The van der Waals surface area contributed by atoms with Crippen molar-refractivity contribution in [2.75, 3.05) is 13.1 Å². The second-order valence-electron chi connectivity index (χ2n) is 6.36.